The van der Waals surface area contributed by atoms with E-state index in [0.717, 1.165) is 17.8 Å². The summed E-state index contributed by atoms with van der Waals surface area (Å²) in [6.07, 6.45) is 0. The molecule has 0 spiro atoms. The van der Waals surface area contributed by atoms with Gasteiger partial charge in [-0.1, -0.05) is 29.8 Å². The van der Waals surface area contributed by atoms with Crippen LogP contribution in [0.15, 0.2) is 42.5 Å². The summed E-state index contributed by atoms with van der Waals surface area (Å²) in [6.45, 7) is 4.90. The molecule has 0 aliphatic heterocycles. The first-order valence-electron chi connectivity index (χ1n) is 5.99. The summed E-state index contributed by atoms with van der Waals surface area (Å²) >= 11 is 0. The maximum Gasteiger partial charge on any atom is 0.0991 e. The maximum absolute atomic E-state index is 8.82. The minimum atomic E-state index is 0.702. The van der Waals surface area contributed by atoms with Crippen LogP contribution in [-0.4, -0.2) is 0 Å². The van der Waals surface area contributed by atoms with Crippen LogP contribution in [-0.2, 0) is 6.54 Å². The standard InChI is InChI=1S/C16H16N2/c1-12-3-5-14(6-4-12)11-18-16-8-7-15(10-17)9-13(16)2/h3-9,18H,11H2,1-2H3. The molecule has 90 valence electrons. The first-order chi connectivity index (χ1) is 8.69. The lowest BCUT2D eigenvalue weighted by molar-refractivity contribution is 1.13. The van der Waals surface area contributed by atoms with Gasteiger partial charge < -0.3 is 5.32 Å². The number of aryl methyl sites for hydroxylation is 2. The fourth-order valence-electron chi connectivity index (χ4n) is 1.83. The predicted octanol–water partition coefficient (Wildman–Crippen LogP) is 3.79. The number of benzene rings is 2. The van der Waals surface area contributed by atoms with Crippen molar-refractivity contribution in [2.45, 2.75) is 20.4 Å². The van der Waals surface area contributed by atoms with E-state index >= 15 is 0 Å². The number of nitriles is 1. The first-order valence-corrected chi connectivity index (χ1v) is 5.99. The van der Waals surface area contributed by atoms with E-state index in [0.29, 0.717) is 5.56 Å². The molecule has 0 aliphatic carbocycles. The van der Waals surface area contributed by atoms with Crippen molar-refractivity contribution in [2.75, 3.05) is 5.32 Å². The lowest BCUT2D eigenvalue weighted by Gasteiger charge is -2.10. The summed E-state index contributed by atoms with van der Waals surface area (Å²) in [6, 6.07) is 16.3. The second-order valence-corrected chi connectivity index (χ2v) is 4.48. The minimum Gasteiger partial charge on any atom is -0.381 e. The van der Waals surface area contributed by atoms with E-state index in [-0.39, 0.29) is 0 Å². The van der Waals surface area contributed by atoms with Gasteiger partial charge in [-0.05, 0) is 43.2 Å². The van der Waals surface area contributed by atoms with Crippen LogP contribution >= 0.6 is 0 Å². The highest BCUT2D eigenvalue weighted by atomic mass is 14.9. The molecule has 0 aliphatic rings. The monoisotopic (exact) mass is 236 g/mol. The van der Waals surface area contributed by atoms with E-state index < -0.39 is 0 Å². The molecule has 2 heteroatoms. The van der Waals surface area contributed by atoms with Crippen LogP contribution < -0.4 is 5.32 Å². The van der Waals surface area contributed by atoms with Crippen LogP contribution in [0.1, 0.15) is 22.3 Å². The van der Waals surface area contributed by atoms with Gasteiger partial charge in [-0.15, -0.1) is 0 Å². The molecule has 2 nitrogen and oxygen atoms in total. The Labute approximate surface area is 108 Å². The van der Waals surface area contributed by atoms with Crippen LogP contribution in [0.5, 0.6) is 0 Å². The van der Waals surface area contributed by atoms with E-state index in [9.17, 15) is 0 Å². The summed E-state index contributed by atoms with van der Waals surface area (Å²) in [7, 11) is 0. The SMILES string of the molecule is Cc1ccc(CNc2ccc(C#N)cc2C)cc1. The van der Waals surface area contributed by atoms with Crippen LogP contribution in [0.4, 0.5) is 5.69 Å². The van der Waals surface area contributed by atoms with Gasteiger partial charge in [0.05, 0.1) is 11.6 Å². The highest BCUT2D eigenvalue weighted by Crippen LogP contribution is 2.17. The molecule has 0 atom stereocenters. The number of nitrogens with one attached hydrogen (secondary N) is 1. The Morgan fingerprint density at radius 1 is 1.06 bits per heavy atom. The van der Waals surface area contributed by atoms with Gasteiger partial charge in [-0.25, -0.2) is 0 Å². The Balaban J connectivity index is 2.06. The van der Waals surface area contributed by atoms with Gasteiger partial charge in [0.2, 0.25) is 0 Å². The summed E-state index contributed by atoms with van der Waals surface area (Å²) in [5.74, 6) is 0. The molecule has 0 radical (unpaired) electrons. The zero-order valence-corrected chi connectivity index (χ0v) is 10.7. The highest BCUT2D eigenvalue weighted by molar-refractivity contribution is 5.54. The van der Waals surface area contributed by atoms with Gasteiger partial charge in [0.15, 0.2) is 0 Å². The summed E-state index contributed by atoms with van der Waals surface area (Å²) in [4.78, 5) is 0. The Morgan fingerprint density at radius 3 is 2.39 bits per heavy atom. The molecule has 0 amide bonds. The van der Waals surface area contributed by atoms with E-state index in [1.807, 2.05) is 25.1 Å². The van der Waals surface area contributed by atoms with Gasteiger partial charge >= 0.3 is 0 Å². The van der Waals surface area contributed by atoms with Gasteiger partial charge in [0.25, 0.3) is 0 Å². The summed E-state index contributed by atoms with van der Waals surface area (Å²) < 4.78 is 0. The fraction of sp³-hybridized carbons (Fsp3) is 0.188. The second-order valence-electron chi connectivity index (χ2n) is 4.48. The molecule has 0 saturated carbocycles. The number of nitrogens with zero attached hydrogens (tertiary/aromatic N) is 1. The zero-order valence-electron chi connectivity index (χ0n) is 10.7. The molecule has 1 N–H and O–H groups in total. The number of hydrogen-bond acceptors (Lipinski definition) is 2. The molecule has 0 bridgehead atoms. The van der Waals surface area contributed by atoms with Crippen molar-refractivity contribution in [3.05, 3.63) is 64.7 Å². The molecule has 18 heavy (non-hydrogen) atoms. The van der Waals surface area contributed by atoms with E-state index in [1.54, 1.807) is 0 Å². The second kappa shape index (κ2) is 5.37. The van der Waals surface area contributed by atoms with E-state index in [4.69, 9.17) is 5.26 Å². The van der Waals surface area contributed by atoms with Crippen molar-refractivity contribution in [2.24, 2.45) is 0 Å². The molecule has 0 aromatic heterocycles. The molecule has 0 unspecified atom stereocenters. The van der Waals surface area contributed by atoms with Crippen molar-refractivity contribution in [1.82, 2.24) is 0 Å². The van der Waals surface area contributed by atoms with Crippen molar-refractivity contribution in [1.29, 1.82) is 5.26 Å². The number of hydrogen-bond donors (Lipinski definition) is 1. The van der Waals surface area contributed by atoms with Gasteiger partial charge in [-0.2, -0.15) is 5.26 Å². The van der Waals surface area contributed by atoms with Crippen LogP contribution in [0, 0.1) is 25.2 Å². The Bertz CT molecular complexity index is 577. The van der Waals surface area contributed by atoms with Crippen molar-refractivity contribution in [3.8, 4) is 6.07 Å². The van der Waals surface area contributed by atoms with Gasteiger partial charge in [0, 0.05) is 12.2 Å². The third-order valence-electron chi connectivity index (χ3n) is 2.96. The largest absolute Gasteiger partial charge is 0.381 e. The molecule has 2 aromatic rings. The summed E-state index contributed by atoms with van der Waals surface area (Å²) in [5.41, 5.74) is 5.40. The topological polar surface area (TPSA) is 35.8 Å². The molecular formula is C16H16N2. The van der Waals surface area contributed by atoms with E-state index in [2.05, 4.69) is 42.6 Å². The predicted molar refractivity (Wildman–Crippen MR) is 74.4 cm³/mol. The fourth-order valence-corrected chi connectivity index (χ4v) is 1.83. The highest BCUT2D eigenvalue weighted by Gasteiger charge is 1.99. The average Bonchev–Trinajstić information content (AvgIpc) is 2.39. The average molecular weight is 236 g/mol. The molecular weight excluding hydrogens is 220 g/mol. The maximum atomic E-state index is 8.82. The van der Waals surface area contributed by atoms with Gasteiger partial charge in [-0.3, -0.25) is 0 Å². The quantitative estimate of drug-likeness (QED) is 0.880. The molecule has 0 heterocycles. The number of anilines is 1. The summed E-state index contributed by atoms with van der Waals surface area (Å²) in [5, 5.41) is 12.2. The molecule has 0 saturated heterocycles. The zero-order chi connectivity index (χ0) is 13.0. The van der Waals surface area contributed by atoms with Crippen LogP contribution in [0.3, 0.4) is 0 Å². The van der Waals surface area contributed by atoms with Crippen molar-refractivity contribution >= 4 is 5.69 Å². The smallest absolute Gasteiger partial charge is 0.0991 e. The minimum absolute atomic E-state index is 0.702. The lowest BCUT2D eigenvalue weighted by Crippen LogP contribution is -2.01. The van der Waals surface area contributed by atoms with Crippen LogP contribution in [0.25, 0.3) is 0 Å². The normalized spacial score (nSPS) is 9.83. The van der Waals surface area contributed by atoms with Crippen molar-refractivity contribution in [3.63, 3.8) is 0 Å². The molecule has 0 fully saturated rings. The van der Waals surface area contributed by atoms with Gasteiger partial charge in [0.1, 0.15) is 0 Å². The first kappa shape index (κ1) is 12.2. The third-order valence-corrected chi connectivity index (χ3v) is 2.96. The molecule has 2 aromatic carbocycles. The Hall–Kier alpha value is -2.27. The third kappa shape index (κ3) is 2.89. The van der Waals surface area contributed by atoms with E-state index in [1.165, 1.54) is 11.1 Å². The van der Waals surface area contributed by atoms with Crippen LogP contribution in [0.2, 0.25) is 0 Å². The number of rotatable bonds is 3. The molecule has 2 rings (SSSR count). The Kier molecular flexibility index (Phi) is 3.64. The van der Waals surface area contributed by atoms with Crippen molar-refractivity contribution < 1.29 is 0 Å². The Morgan fingerprint density at radius 2 is 1.78 bits per heavy atom. The lowest BCUT2D eigenvalue weighted by atomic mass is 10.1.